The van der Waals surface area contributed by atoms with E-state index in [2.05, 4.69) is 46.3 Å². The first kappa shape index (κ1) is 22.9. The fourth-order valence-corrected chi connectivity index (χ4v) is 3.68. The Morgan fingerprint density at radius 2 is 1.84 bits per heavy atom. The molecule has 0 unspecified atom stereocenters. The topological polar surface area (TPSA) is 52.1 Å². The number of rotatable bonds is 7. The highest BCUT2D eigenvalue weighted by atomic mass is 127. The predicted molar refractivity (Wildman–Crippen MR) is 116 cm³/mol. The van der Waals surface area contributed by atoms with Crippen molar-refractivity contribution in [3.63, 3.8) is 0 Å². The maximum absolute atomic E-state index is 5.46. The molecule has 1 heterocycles. The van der Waals surface area contributed by atoms with Gasteiger partial charge in [-0.1, -0.05) is 12.8 Å². The van der Waals surface area contributed by atoms with Crippen molar-refractivity contribution in [1.29, 1.82) is 0 Å². The molecule has 1 aliphatic heterocycles. The smallest absolute Gasteiger partial charge is 0.191 e. The highest BCUT2D eigenvalue weighted by molar-refractivity contribution is 14.0. The van der Waals surface area contributed by atoms with Crippen LogP contribution in [0.1, 0.15) is 39.5 Å². The first-order valence-corrected chi connectivity index (χ1v) is 9.50. The summed E-state index contributed by atoms with van der Waals surface area (Å²) in [5, 5.41) is 6.94. The number of halogens is 1. The van der Waals surface area contributed by atoms with Gasteiger partial charge in [-0.05, 0) is 33.7 Å². The van der Waals surface area contributed by atoms with Gasteiger partial charge in [0, 0.05) is 51.4 Å². The van der Waals surface area contributed by atoms with Gasteiger partial charge < -0.3 is 20.3 Å². The van der Waals surface area contributed by atoms with Gasteiger partial charge >= 0.3 is 0 Å². The van der Waals surface area contributed by atoms with Gasteiger partial charge in [0.1, 0.15) is 0 Å². The van der Waals surface area contributed by atoms with Crippen molar-refractivity contribution in [3.8, 4) is 0 Å². The number of ether oxygens (including phenoxy) is 1. The molecule has 2 fully saturated rings. The fourth-order valence-electron chi connectivity index (χ4n) is 3.68. The quantitative estimate of drug-likeness (QED) is 0.340. The van der Waals surface area contributed by atoms with Crippen LogP contribution in [0, 0.1) is 0 Å². The van der Waals surface area contributed by atoms with Crippen LogP contribution >= 0.6 is 24.0 Å². The molecular weight excluding hydrogens is 429 g/mol. The van der Waals surface area contributed by atoms with Crippen molar-refractivity contribution >= 4 is 29.9 Å². The molecule has 0 bridgehead atoms. The van der Waals surface area contributed by atoms with Crippen molar-refractivity contribution in [2.24, 2.45) is 4.99 Å². The van der Waals surface area contributed by atoms with E-state index in [1.165, 1.54) is 25.7 Å². The maximum Gasteiger partial charge on any atom is 0.191 e. The minimum atomic E-state index is 0. The molecule has 25 heavy (non-hydrogen) atoms. The zero-order valence-electron chi connectivity index (χ0n) is 16.5. The Kier molecular flexibility index (Phi) is 10.6. The lowest BCUT2D eigenvalue weighted by Crippen LogP contribution is -2.56. The molecule has 2 N–H and O–H groups in total. The molecule has 1 saturated carbocycles. The number of aliphatic imine (C=N–C) groups is 1. The van der Waals surface area contributed by atoms with Crippen molar-refractivity contribution in [2.45, 2.75) is 51.1 Å². The summed E-state index contributed by atoms with van der Waals surface area (Å²) in [5.41, 5.74) is 0.0992. The number of hydrogen-bond donors (Lipinski definition) is 2. The van der Waals surface area contributed by atoms with Gasteiger partial charge in [-0.15, -0.1) is 24.0 Å². The molecule has 0 radical (unpaired) electrons. The van der Waals surface area contributed by atoms with Crippen LogP contribution in [-0.4, -0.2) is 87.4 Å². The third-order valence-electron chi connectivity index (χ3n) is 5.48. The predicted octanol–water partition coefficient (Wildman–Crippen LogP) is 1.75. The van der Waals surface area contributed by atoms with Crippen molar-refractivity contribution in [1.82, 2.24) is 20.4 Å². The van der Waals surface area contributed by atoms with Crippen molar-refractivity contribution in [2.75, 3.05) is 60.0 Å². The van der Waals surface area contributed by atoms with Crippen LogP contribution in [0.2, 0.25) is 0 Å². The van der Waals surface area contributed by atoms with Crippen LogP contribution in [-0.2, 0) is 4.74 Å². The molecule has 0 aromatic rings. The standard InChI is InChI=1S/C18H37N5O.HI/c1-18(2,23-11-13-24-14-12-23)15-21-17(19-3)20-9-10-22(4)16-7-5-6-8-16;/h16H,5-15H2,1-4H3,(H2,19,20,21);1H. The number of likely N-dealkylation sites (N-methyl/N-ethyl adjacent to an activating group) is 1. The summed E-state index contributed by atoms with van der Waals surface area (Å²) in [6, 6.07) is 0.780. The number of guanidine groups is 1. The van der Waals surface area contributed by atoms with E-state index >= 15 is 0 Å². The van der Waals surface area contributed by atoms with E-state index in [4.69, 9.17) is 4.74 Å². The zero-order valence-corrected chi connectivity index (χ0v) is 18.8. The van der Waals surface area contributed by atoms with Crippen LogP contribution in [0.3, 0.4) is 0 Å². The van der Waals surface area contributed by atoms with Gasteiger partial charge in [-0.2, -0.15) is 0 Å². The van der Waals surface area contributed by atoms with E-state index < -0.39 is 0 Å². The molecule has 6 nitrogen and oxygen atoms in total. The summed E-state index contributed by atoms with van der Waals surface area (Å²) in [5.74, 6) is 0.899. The molecule has 0 aromatic carbocycles. The summed E-state index contributed by atoms with van der Waals surface area (Å²) in [7, 11) is 4.09. The van der Waals surface area contributed by atoms with Crippen molar-refractivity contribution < 1.29 is 4.74 Å². The van der Waals surface area contributed by atoms with Crippen LogP contribution in [0.25, 0.3) is 0 Å². The van der Waals surface area contributed by atoms with E-state index in [1.54, 1.807) is 0 Å². The Bertz CT molecular complexity index is 393. The highest BCUT2D eigenvalue weighted by Gasteiger charge is 2.28. The summed E-state index contributed by atoms with van der Waals surface area (Å²) >= 11 is 0. The third-order valence-corrected chi connectivity index (χ3v) is 5.48. The Labute approximate surface area is 171 Å². The molecular formula is C18H38IN5O. The molecule has 1 saturated heterocycles. The molecule has 0 spiro atoms. The number of nitrogens with zero attached hydrogens (tertiary/aromatic N) is 3. The highest BCUT2D eigenvalue weighted by Crippen LogP contribution is 2.21. The summed E-state index contributed by atoms with van der Waals surface area (Å²) in [6.07, 6.45) is 5.50. The summed E-state index contributed by atoms with van der Waals surface area (Å²) in [4.78, 5) is 9.35. The average Bonchev–Trinajstić information content (AvgIpc) is 3.13. The molecule has 1 aliphatic carbocycles. The molecule has 0 atom stereocenters. The second kappa shape index (κ2) is 11.6. The van der Waals surface area contributed by atoms with Gasteiger partial charge in [0.15, 0.2) is 5.96 Å². The SMILES string of the molecule is CN=C(NCCN(C)C1CCCC1)NCC(C)(C)N1CCOCC1.I. The lowest BCUT2D eigenvalue weighted by Gasteiger charge is -2.41. The van der Waals surface area contributed by atoms with Gasteiger partial charge in [0.25, 0.3) is 0 Å². The molecule has 2 rings (SSSR count). The van der Waals surface area contributed by atoms with E-state index in [9.17, 15) is 0 Å². The maximum atomic E-state index is 5.46. The first-order valence-electron chi connectivity index (χ1n) is 9.50. The normalized spacial score (nSPS) is 20.6. The molecule has 0 amide bonds. The van der Waals surface area contributed by atoms with Crippen LogP contribution in [0.15, 0.2) is 4.99 Å². The van der Waals surface area contributed by atoms with Crippen LogP contribution in [0.5, 0.6) is 0 Å². The third kappa shape index (κ3) is 7.56. The largest absolute Gasteiger partial charge is 0.379 e. The molecule has 2 aliphatic rings. The van der Waals surface area contributed by atoms with E-state index in [0.29, 0.717) is 0 Å². The Morgan fingerprint density at radius 3 is 2.44 bits per heavy atom. The Morgan fingerprint density at radius 1 is 1.20 bits per heavy atom. The summed E-state index contributed by atoms with van der Waals surface area (Å²) in [6.45, 7) is 11.1. The van der Waals surface area contributed by atoms with Gasteiger partial charge in [-0.25, -0.2) is 0 Å². The molecule has 148 valence electrons. The van der Waals surface area contributed by atoms with Gasteiger partial charge in [0.05, 0.1) is 13.2 Å². The Balaban J connectivity index is 0.00000312. The van der Waals surface area contributed by atoms with Gasteiger partial charge in [0.2, 0.25) is 0 Å². The van der Waals surface area contributed by atoms with Crippen LogP contribution in [0.4, 0.5) is 0 Å². The van der Waals surface area contributed by atoms with Gasteiger partial charge in [-0.3, -0.25) is 9.89 Å². The van der Waals surface area contributed by atoms with E-state index in [-0.39, 0.29) is 29.5 Å². The second-order valence-corrected chi connectivity index (χ2v) is 7.68. The zero-order chi connectivity index (χ0) is 17.4. The number of morpholine rings is 1. The lowest BCUT2D eigenvalue weighted by atomic mass is 10.0. The van der Waals surface area contributed by atoms with Crippen LogP contribution < -0.4 is 10.6 Å². The molecule has 0 aromatic heterocycles. The van der Waals surface area contributed by atoms with E-state index in [0.717, 1.165) is 57.9 Å². The first-order chi connectivity index (χ1) is 11.5. The minimum absolute atomic E-state index is 0. The Hall–Kier alpha value is -0.120. The number of nitrogens with one attached hydrogen (secondary N) is 2. The average molecular weight is 467 g/mol. The van der Waals surface area contributed by atoms with Crippen molar-refractivity contribution in [3.05, 3.63) is 0 Å². The fraction of sp³-hybridized carbons (Fsp3) is 0.944. The van der Waals surface area contributed by atoms with E-state index in [1.807, 2.05) is 7.05 Å². The number of hydrogen-bond acceptors (Lipinski definition) is 4. The monoisotopic (exact) mass is 467 g/mol. The minimum Gasteiger partial charge on any atom is -0.379 e. The molecule has 7 heteroatoms. The second-order valence-electron chi connectivity index (χ2n) is 7.68. The lowest BCUT2D eigenvalue weighted by molar-refractivity contribution is -0.00834. The summed E-state index contributed by atoms with van der Waals surface area (Å²) < 4.78 is 5.46.